The number of hydrogen-bond acceptors (Lipinski definition) is 3. The Bertz CT molecular complexity index is 110. The molecule has 1 N–H and O–H groups in total. The zero-order chi connectivity index (χ0) is 8.16. The molecule has 74 valence electrons. The van der Waals surface area contributed by atoms with Crippen molar-refractivity contribution in [3.8, 4) is 0 Å². The van der Waals surface area contributed by atoms with Crippen molar-refractivity contribution in [1.82, 2.24) is 5.32 Å². The highest BCUT2D eigenvalue weighted by molar-refractivity contribution is 8.93. The van der Waals surface area contributed by atoms with Crippen LogP contribution in [-0.2, 0) is 9.47 Å². The van der Waals surface area contributed by atoms with Gasteiger partial charge in [-0.3, -0.25) is 0 Å². The van der Waals surface area contributed by atoms with Gasteiger partial charge in [-0.1, -0.05) is 6.92 Å². The Balaban J connectivity index is 0.00000121. The van der Waals surface area contributed by atoms with Crippen molar-refractivity contribution in [2.45, 2.75) is 26.1 Å². The number of morpholine rings is 1. The molecular formula is C8H18BrNO2. The maximum Gasteiger partial charge on any atom is 0.180 e. The largest absolute Gasteiger partial charge is 0.349 e. The minimum atomic E-state index is -0.340. The number of halogens is 1. The molecule has 1 fully saturated rings. The summed E-state index contributed by atoms with van der Waals surface area (Å²) in [6.07, 6.45) is 0.911. The summed E-state index contributed by atoms with van der Waals surface area (Å²) in [7, 11) is 0. The number of hydrogen-bond donors (Lipinski definition) is 1. The molecule has 0 radical (unpaired) electrons. The van der Waals surface area contributed by atoms with Crippen LogP contribution < -0.4 is 5.32 Å². The topological polar surface area (TPSA) is 30.5 Å². The van der Waals surface area contributed by atoms with E-state index < -0.39 is 0 Å². The Hall–Kier alpha value is 0.360. The Morgan fingerprint density at radius 2 is 2.25 bits per heavy atom. The maximum absolute atomic E-state index is 5.57. The lowest BCUT2D eigenvalue weighted by atomic mass is 10.2. The highest BCUT2D eigenvalue weighted by Gasteiger charge is 2.31. The van der Waals surface area contributed by atoms with Crippen LogP contribution in [0.5, 0.6) is 0 Å². The highest BCUT2D eigenvalue weighted by Crippen LogP contribution is 2.18. The van der Waals surface area contributed by atoms with Gasteiger partial charge in [-0.15, -0.1) is 17.0 Å². The summed E-state index contributed by atoms with van der Waals surface area (Å²) in [6, 6.07) is 0. The van der Waals surface area contributed by atoms with Crippen LogP contribution in [-0.4, -0.2) is 32.1 Å². The molecule has 0 aliphatic carbocycles. The molecule has 4 heteroatoms. The fourth-order valence-electron chi connectivity index (χ4n) is 1.32. The summed E-state index contributed by atoms with van der Waals surface area (Å²) in [6.45, 7) is 7.31. The average Bonchev–Trinajstić information content (AvgIpc) is 2.07. The zero-order valence-electron chi connectivity index (χ0n) is 7.76. The van der Waals surface area contributed by atoms with E-state index in [0.29, 0.717) is 0 Å². The highest BCUT2D eigenvalue weighted by atomic mass is 79.9. The van der Waals surface area contributed by atoms with Crippen LogP contribution in [0.3, 0.4) is 0 Å². The second-order valence-corrected chi connectivity index (χ2v) is 2.72. The normalized spacial score (nSPS) is 29.5. The van der Waals surface area contributed by atoms with Gasteiger partial charge in [-0.25, -0.2) is 0 Å². The third kappa shape index (κ3) is 3.01. The van der Waals surface area contributed by atoms with Gasteiger partial charge in [0.2, 0.25) is 0 Å². The van der Waals surface area contributed by atoms with Gasteiger partial charge in [0, 0.05) is 19.7 Å². The van der Waals surface area contributed by atoms with E-state index in [4.69, 9.17) is 9.47 Å². The predicted octanol–water partition coefficient (Wildman–Crippen LogP) is 1.33. The van der Waals surface area contributed by atoms with E-state index in [-0.39, 0.29) is 22.8 Å². The zero-order valence-corrected chi connectivity index (χ0v) is 9.47. The van der Waals surface area contributed by atoms with Gasteiger partial charge in [0.15, 0.2) is 5.79 Å². The van der Waals surface area contributed by atoms with E-state index in [0.717, 1.165) is 32.7 Å². The van der Waals surface area contributed by atoms with Gasteiger partial charge in [0.1, 0.15) is 0 Å². The standard InChI is InChI=1S/C8H17NO2.BrH/c1-3-8(10-4-2)7-9-5-6-11-8;/h9H,3-7H2,1-2H3;1H. The van der Waals surface area contributed by atoms with E-state index in [1.54, 1.807) is 0 Å². The van der Waals surface area contributed by atoms with Crippen molar-refractivity contribution >= 4 is 17.0 Å². The van der Waals surface area contributed by atoms with Crippen molar-refractivity contribution in [1.29, 1.82) is 0 Å². The quantitative estimate of drug-likeness (QED) is 0.807. The smallest absolute Gasteiger partial charge is 0.180 e. The average molecular weight is 240 g/mol. The van der Waals surface area contributed by atoms with E-state index in [1.165, 1.54) is 0 Å². The van der Waals surface area contributed by atoms with Crippen molar-refractivity contribution in [3.05, 3.63) is 0 Å². The van der Waals surface area contributed by atoms with Crippen LogP contribution in [0.1, 0.15) is 20.3 Å². The summed E-state index contributed by atoms with van der Waals surface area (Å²) in [4.78, 5) is 0. The summed E-state index contributed by atoms with van der Waals surface area (Å²) in [5.41, 5.74) is 0. The fourth-order valence-corrected chi connectivity index (χ4v) is 1.32. The van der Waals surface area contributed by atoms with Crippen molar-refractivity contribution in [2.24, 2.45) is 0 Å². The Labute approximate surface area is 84.6 Å². The van der Waals surface area contributed by atoms with Gasteiger partial charge >= 0.3 is 0 Å². The van der Waals surface area contributed by atoms with Crippen molar-refractivity contribution in [3.63, 3.8) is 0 Å². The Morgan fingerprint density at radius 3 is 2.67 bits per heavy atom. The van der Waals surface area contributed by atoms with E-state index in [9.17, 15) is 0 Å². The minimum absolute atomic E-state index is 0. The molecule has 1 atom stereocenters. The molecule has 0 spiro atoms. The first-order chi connectivity index (χ1) is 5.33. The van der Waals surface area contributed by atoms with Crippen molar-refractivity contribution in [2.75, 3.05) is 26.3 Å². The van der Waals surface area contributed by atoms with Crippen LogP contribution in [0.4, 0.5) is 0 Å². The van der Waals surface area contributed by atoms with E-state index >= 15 is 0 Å². The van der Waals surface area contributed by atoms with Gasteiger partial charge in [-0.2, -0.15) is 0 Å². The monoisotopic (exact) mass is 239 g/mol. The van der Waals surface area contributed by atoms with Gasteiger partial charge in [0.05, 0.1) is 6.61 Å². The number of ether oxygens (including phenoxy) is 2. The molecule has 1 unspecified atom stereocenters. The summed E-state index contributed by atoms with van der Waals surface area (Å²) in [5, 5.41) is 3.26. The molecule has 0 aromatic carbocycles. The number of nitrogens with one attached hydrogen (secondary N) is 1. The molecular weight excluding hydrogens is 222 g/mol. The van der Waals surface area contributed by atoms with Gasteiger partial charge < -0.3 is 14.8 Å². The third-order valence-corrected chi connectivity index (χ3v) is 1.98. The molecule has 0 bridgehead atoms. The molecule has 1 saturated heterocycles. The fraction of sp³-hybridized carbons (Fsp3) is 1.00. The molecule has 0 saturated carbocycles. The second-order valence-electron chi connectivity index (χ2n) is 2.72. The molecule has 0 aromatic rings. The maximum atomic E-state index is 5.57. The summed E-state index contributed by atoms with van der Waals surface area (Å²) < 4.78 is 11.1. The van der Waals surface area contributed by atoms with E-state index in [1.807, 2.05) is 6.92 Å². The van der Waals surface area contributed by atoms with E-state index in [2.05, 4.69) is 12.2 Å². The Morgan fingerprint density at radius 1 is 1.50 bits per heavy atom. The summed E-state index contributed by atoms with van der Waals surface area (Å²) in [5.74, 6) is -0.340. The van der Waals surface area contributed by atoms with Crippen molar-refractivity contribution < 1.29 is 9.47 Å². The number of rotatable bonds is 3. The van der Waals surface area contributed by atoms with Crippen LogP contribution in [0.25, 0.3) is 0 Å². The molecule has 0 aromatic heterocycles. The van der Waals surface area contributed by atoms with Crippen LogP contribution in [0.2, 0.25) is 0 Å². The van der Waals surface area contributed by atoms with Crippen LogP contribution >= 0.6 is 17.0 Å². The first kappa shape index (κ1) is 12.4. The predicted molar refractivity (Wildman–Crippen MR) is 53.8 cm³/mol. The minimum Gasteiger partial charge on any atom is -0.349 e. The summed E-state index contributed by atoms with van der Waals surface area (Å²) >= 11 is 0. The molecule has 12 heavy (non-hydrogen) atoms. The lowest BCUT2D eigenvalue weighted by molar-refractivity contribution is -0.245. The van der Waals surface area contributed by atoms with Crippen LogP contribution in [0, 0.1) is 0 Å². The van der Waals surface area contributed by atoms with Gasteiger partial charge in [-0.05, 0) is 13.3 Å². The van der Waals surface area contributed by atoms with Gasteiger partial charge in [0.25, 0.3) is 0 Å². The van der Waals surface area contributed by atoms with Crippen LogP contribution in [0.15, 0.2) is 0 Å². The molecule has 1 heterocycles. The molecule has 1 rings (SSSR count). The third-order valence-electron chi connectivity index (χ3n) is 1.98. The lowest BCUT2D eigenvalue weighted by Gasteiger charge is -2.36. The Kier molecular flexibility index (Phi) is 6.09. The molecule has 1 aliphatic rings. The molecule has 3 nitrogen and oxygen atoms in total. The molecule has 0 amide bonds. The first-order valence-corrected chi connectivity index (χ1v) is 4.31. The lowest BCUT2D eigenvalue weighted by Crippen LogP contribution is -2.51. The SMILES string of the molecule is Br.CCOC1(CC)CNCCO1. The first-order valence-electron chi connectivity index (χ1n) is 4.31. The second kappa shape index (κ2) is 5.91. The molecule has 1 aliphatic heterocycles.